The summed E-state index contributed by atoms with van der Waals surface area (Å²) in [5, 5.41) is 0. The van der Waals surface area contributed by atoms with Gasteiger partial charge in [-0.3, -0.25) is 0 Å². The Morgan fingerprint density at radius 2 is 1.61 bits per heavy atom. The van der Waals surface area contributed by atoms with Crippen LogP contribution >= 0.6 is 0 Å². The molecule has 2 aromatic rings. The first-order chi connectivity index (χ1) is 10.9. The molecule has 0 aromatic heterocycles. The van der Waals surface area contributed by atoms with Gasteiger partial charge in [0, 0.05) is 12.0 Å². The fourth-order valence-corrected chi connectivity index (χ4v) is 3.41. The number of alkyl halides is 3. The molecule has 0 unspecified atom stereocenters. The highest BCUT2D eigenvalue weighted by Crippen LogP contribution is 2.39. The third kappa shape index (κ3) is 3.27. The number of nitrogens with zero attached hydrogens (tertiary/aromatic N) is 1. The molecular formula is C19H20F3N. The van der Waals surface area contributed by atoms with Crippen molar-refractivity contribution in [1.82, 2.24) is 4.90 Å². The number of likely N-dealkylation sites (N-methyl/N-ethyl adjacent to an activating group) is 1. The second kappa shape index (κ2) is 6.00. The largest absolute Gasteiger partial charge is 0.416 e. The van der Waals surface area contributed by atoms with Gasteiger partial charge in [-0.1, -0.05) is 36.4 Å². The number of fused-ring (bicyclic) bond motifs is 1. The molecule has 4 heteroatoms. The molecule has 2 atom stereocenters. The molecular weight excluding hydrogens is 299 g/mol. The van der Waals surface area contributed by atoms with Crippen molar-refractivity contribution in [2.75, 3.05) is 14.1 Å². The molecule has 0 bridgehead atoms. The van der Waals surface area contributed by atoms with Crippen molar-refractivity contribution < 1.29 is 13.2 Å². The zero-order valence-corrected chi connectivity index (χ0v) is 13.3. The molecule has 0 heterocycles. The Balaban J connectivity index is 1.97. The third-order valence-corrected chi connectivity index (χ3v) is 4.76. The smallest absolute Gasteiger partial charge is 0.306 e. The van der Waals surface area contributed by atoms with Gasteiger partial charge >= 0.3 is 6.18 Å². The van der Waals surface area contributed by atoms with Crippen molar-refractivity contribution in [2.24, 2.45) is 0 Å². The number of hydrogen-bond acceptors (Lipinski definition) is 1. The van der Waals surface area contributed by atoms with E-state index in [1.165, 1.54) is 23.3 Å². The van der Waals surface area contributed by atoms with Crippen LogP contribution in [0, 0.1) is 0 Å². The van der Waals surface area contributed by atoms with Crippen molar-refractivity contribution in [3.8, 4) is 0 Å². The second-order valence-electron chi connectivity index (χ2n) is 6.43. The molecule has 122 valence electrons. The van der Waals surface area contributed by atoms with Crippen molar-refractivity contribution >= 4 is 0 Å². The average molecular weight is 319 g/mol. The average Bonchev–Trinajstić information content (AvgIpc) is 2.53. The fourth-order valence-electron chi connectivity index (χ4n) is 3.41. The Morgan fingerprint density at radius 1 is 0.957 bits per heavy atom. The van der Waals surface area contributed by atoms with E-state index in [1.807, 2.05) is 12.1 Å². The molecule has 0 radical (unpaired) electrons. The maximum Gasteiger partial charge on any atom is 0.416 e. The summed E-state index contributed by atoms with van der Waals surface area (Å²) in [5.41, 5.74) is 2.90. The predicted octanol–water partition coefficient (Wildman–Crippen LogP) is 4.71. The minimum Gasteiger partial charge on any atom is -0.306 e. The molecule has 0 N–H and O–H groups in total. The van der Waals surface area contributed by atoms with Gasteiger partial charge in [0.05, 0.1) is 5.56 Å². The van der Waals surface area contributed by atoms with Crippen LogP contribution < -0.4 is 0 Å². The maximum atomic E-state index is 12.8. The molecule has 1 aliphatic rings. The number of benzene rings is 2. The van der Waals surface area contributed by atoms with Gasteiger partial charge < -0.3 is 4.90 Å². The van der Waals surface area contributed by atoms with Crippen LogP contribution in [0.15, 0.2) is 48.5 Å². The van der Waals surface area contributed by atoms with Crippen LogP contribution in [0.4, 0.5) is 13.2 Å². The Labute approximate surface area is 134 Å². The van der Waals surface area contributed by atoms with Crippen LogP contribution in [-0.4, -0.2) is 25.0 Å². The van der Waals surface area contributed by atoms with Crippen molar-refractivity contribution in [1.29, 1.82) is 0 Å². The van der Waals surface area contributed by atoms with E-state index in [0.717, 1.165) is 18.4 Å². The molecule has 1 aliphatic carbocycles. The van der Waals surface area contributed by atoms with Gasteiger partial charge in [-0.05, 0) is 55.8 Å². The summed E-state index contributed by atoms with van der Waals surface area (Å²) in [6.07, 6.45) is -2.37. The standard InChI is InChI=1S/C19H20F3N/c1-23(2)16-11-14-5-3-4-6-17(14)18(12-16)13-7-9-15(10-8-13)19(20,21)22/h3-10,16,18H,11-12H2,1-2H3/t16-,18-/m0/s1. The molecule has 3 rings (SSSR count). The van der Waals surface area contributed by atoms with E-state index in [0.29, 0.717) is 6.04 Å². The minimum atomic E-state index is -4.28. The van der Waals surface area contributed by atoms with Crippen LogP contribution in [0.3, 0.4) is 0 Å². The molecule has 0 aliphatic heterocycles. The van der Waals surface area contributed by atoms with Crippen molar-refractivity contribution in [3.05, 3.63) is 70.8 Å². The zero-order chi connectivity index (χ0) is 16.6. The molecule has 23 heavy (non-hydrogen) atoms. The lowest BCUT2D eigenvalue weighted by Gasteiger charge is -2.35. The first-order valence-electron chi connectivity index (χ1n) is 7.77. The van der Waals surface area contributed by atoms with Crippen LogP contribution in [0.1, 0.15) is 34.6 Å². The van der Waals surface area contributed by atoms with Gasteiger partial charge in [-0.2, -0.15) is 13.2 Å². The highest BCUT2D eigenvalue weighted by Gasteiger charge is 2.32. The summed E-state index contributed by atoms with van der Waals surface area (Å²) in [7, 11) is 4.12. The Hall–Kier alpha value is -1.81. The molecule has 0 fully saturated rings. The maximum absolute atomic E-state index is 12.8. The Morgan fingerprint density at radius 3 is 2.22 bits per heavy atom. The number of halogens is 3. The van der Waals surface area contributed by atoms with Gasteiger partial charge in [0.2, 0.25) is 0 Å². The van der Waals surface area contributed by atoms with E-state index in [4.69, 9.17) is 0 Å². The molecule has 0 spiro atoms. The molecule has 0 saturated heterocycles. The molecule has 1 nitrogen and oxygen atoms in total. The van der Waals surface area contributed by atoms with Crippen LogP contribution in [0.5, 0.6) is 0 Å². The zero-order valence-electron chi connectivity index (χ0n) is 13.3. The van der Waals surface area contributed by atoms with E-state index in [9.17, 15) is 13.2 Å². The van der Waals surface area contributed by atoms with Crippen LogP contribution in [-0.2, 0) is 12.6 Å². The highest BCUT2D eigenvalue weighted by atomic mass is 19.4. The SMILES string of the molecule is CN(C)[C@H]1Cc2ccccc2[C@H](c2ccc(C(F)(F)F)cc2)C1. The first kappa shape index (κ1) is 16.1. The van der Waals surface area contributed by atoms with E-state index in [-0.39, 0.29) is 5.92 Å². The highest BCUT2D eigenvalue weighted by molar-refractivity contribution is 5.41. The van der Waals surface area contributed by atoms with E-state index in [2.05, 4.69) is 31.1 Å². The van der Waals surface area contributed by atoms with Gasteiger partial charge in [0.1, 0.15) is 0 Å². The summed E-state index contributed by atoms with van der Waals surface area (Å²) >= 11 is 0. The van der Waals surface area contributed by atoms with Gasteiger partial charge in [0.15, 0.2) is 0 Å². The number of rotatable bonds is 2. The third-order valence-electron chi connectivity index (χ3n) is 4.76. The Bertz CT molecular complexity index is 674. The minimum absolute atomic E-state index is 0.148. The normalized spacial score (nSPS) is 21.3. The summed E-state index contributed by atoms with van der Waals surface area (Å²) in [6.45, 7) is 0. The van der Waals surface area contributed by atoms with E-state index >= 15 is 0 Å². The summed E-state index contributed by atoms with van der Waals surface area (Å²) in [6, 6.07) is 14.3. The fraction of sp³-hybridized carbons (Fsp3) is 0.368. The van der Waals surface area contributed by atoms with Gasteiger partial charge in [-0.15, -0.1) is 0 Å². The van der Waals surface area contributed by atoms with Crippen molar-refractivity contribution in [3.63, 3.8) is 0 Å². The second-order valence-corrected chi connectivity index (χ2v) is 6.43. The van der Waals surface area contributed by atoms with Gasteiger partial charge in [0.25, 0.3) is 0 Å². The summed E-state index contributed by atoms with van der Waals surface area (Å²) in [4.78, 5) is 2.20. The summed E-state index contributed by atoms with van der Waals surface area (Å²) in [5.74, 6) is 0.148. The lowest BCUT2D eigenvalue weighted by Crippen LogP contribution is -2.35. The molecule has 2 aromatic carbocycles. The van der Waals surface area contributed by atoms with Crippen LogP contribution in [0.2, 0.25) is 0 Å². The van der Waals surface area contributed by atoms with Gasteiger partial charge in [-0.25, -0.2) is 0 Å². The topological polar surface area (TPSA) is 3.24 Å². The Kier molecular flexibility index (Phi) is 4.19. The quantitative estimate of drug-likeness (QED) is 0.774. The summed E-state index contributed by atoms with van der Waals surface area (Å²) < 4.78 is 38.3. The molecule has 0 amide bonds. The first-order valence-corrected chi connectivity index (χ1v) is 7.77. The van der Waals surface area contributed by atoms with E-state index in [1.54, 1.807) is 12.1 Å². The van der Waals surface area contributed by atoms with Crippen molar-refractivity contribution in [2.45, 2.75) is 31.0 Å². The lowest BCUT2D eigenvalue weighted by molar-refractivity contribution is -0.137. The monoisotopic (exact) mass is 319 g/mol. The predicted molar refractivity (Wildman–Crippen MR) is 85.5 cm³/mol. The van der Waals surface area contributed by atoms with Crippen LogP contribution in [0.25, 0.3) is 0 Å². The number of hydrogen-bond donors (Lipinski definition) is 0. The molecule has 0 saturated carbocycles. The lowest BCUT2D eigenvalue weighted by atomic mass is 9.76. The van der Waals surface area contributed by atoms with E-state index < -0.39 is 11.7 Å².